The monoisotopic (exact) mass is 561 g/mol. The first kappa shape index (κ1) is 34.9. The van der Waals surface area contributed by atoms with Crippen molar-refractivity contribution in [3.63, 3.8) is 0 Å². The summed E-state index contributed by atoms with van der Waals surface area (Å²) in [5.41, 5.74) is 0.825. The molecule has 1 rings (SSSR count). The molecule has 9 nitrogen and oxygen atoms in total. The number of benzene rings is 1. The Morgan fingerprint density at radius 3 is 2.23 bits per heavy atom. The van der Waals surface area contributed by atoms with Crippen LogP contribution in [0.1, 0.15) is 104 Å². The van der Waals surface area contributed by atoms with Crippen molar-refractivity contribution in [3.05, 3.63) is 35.4 Å². The summed E-state index contributed by atoms with van der Waals surface area (Å²) in [6.07, 6.45) is 5.97. The first-order chi connectivity index (χ1) is 18.8. The van der Waals surface area contributed by atoms with Gasteiger partial charge in [0.15, 0.2) is 0 Å². The third kappa shape index (κ3) is 12.4. The van der Waals surface area contributed by atoms with Crippen molar-refractivity contribution in [2.24, 2.45) is 5.92 Å². The Morgan fingerprint density at radius 1 is 1.00 bits per heavy atom. The second-order valence-corrected chi connectivity index (χ2v) is 11.4. The molecular weight excluding hydrogens is 510 g/mol. The summed E-state index contributed by atoms with van der Waals surface area (Å²) in [5.74, 6) is -1.67. The van der Waals surface area contributed by atoms with Crippen molar-refractivity contribution in [3.8, 4) is 0 Å². The van der Waals surface area contributed by atoms with Gasteiger partial charge in [0.25, 0.3) is 0 Å². The van der Waals surface area contributed by atoms with Crippen LogP contribution in [0, 0.1) is 12.8 Å². The van der Waals surface area contributed by atoms with Crippen LogP contribution >= 0.6 is 0 Å². The molecule has 0 heterocycles. The highest BCUT2D eigenvalue weighted by Crippen LogP contribution is 2.26. The minimum Gasteiger partial charge on any atom is -0.468 e. The van der Waals surface area contributed by atoms with Crippen LogP contribution < -0.4 is 10.6 Å². The van der Waals surface area contributed by atoms with E-state index < -0.39 is 35.7 Å². The van der Waals surface area contributed by atoms with Crippen molar-refractivity contribution < 1.29 is 28.7 Å². The molecule has 40 heavy (non-hydrogen) atoms. The first-order valence-corrected chi connectivity index (χ1v) is 14.6. The molecule has 0 bridgehead atoms. The van der Waals surface area contributed by atoms with E-state index in [0.717, 1.165) is 37.7 Å². The van der Waals surface area contributed by atoms with E-state index >= 15 is 0 Å². The molecule has 3 unspecified atom stereocenters. The summed E-state index contributed by atoms with van der Waals surface area (Å²) < 4.78 is 10.2. The van der Waals surface area contributed by atoms with E-state index in [4.69, 9.17) is 9.47 Å². The van der Waals surface area contributed by atoms with Crippen LogP contribution in [0.2, 0.25) is 0 Å². The lowest BCUT2D eigenvalue weighted by Crippen LogP contribution is -2.55. The Balaban J connectivity index is 3.47. The molecule has 0 fully saturated rings. The van der Waals surface area contributed by atoms with Gasteiger partial charge in [-0.3, -0.25) is 14.4 Å². The van der Waals surface area contributed by atoms with Gasteiger partial charge in [-0.25, -0.2) is 4.79 Å². The maximum absolute atomic E-state index is 14.3. The topological polar surface area (TPSA) is 114 Å². The summed E-state index contributed by atoms with van der Waals surface area (Å²) in [4.78, 5) is 54.1. The van der Waals surface area contributed by atoms with Crippen molar-refractivity contribution >= 4 is 23.9 Å². The smallest absolute Gasteiger partial charge is 0.408 e. The number of nitrogens with zero attached hydrogens (tertiary/aromatic N) is 1. The Kier molecular flexibility index (Phi) is 15.3. The lowest BCUT2D eigenvalue weighted by atomic mass is 9.95. The largest absolute Gasteiger partial charge is 0.468 e. The maximum Gasteiger partial charge on any atom is 0.408 e. The third-order valence-electron chi connectivity index (χ3n) is 6.74. The zero-order valence-corrected chi connectivity index (χ0v) is 25.8. The van der Waals surface area contributed by atoms with Crippen molar-refractivity contribution in [2.75, 3.05) is 20.2 Å². The van der Waals surface area contributed by atoms with Gasteiger partial charge in [-0.15, -0.1) is 0 Å². The number of alkyl carbamates (subject to hydrolysis) is 1. The van der Waals surface area contributed by atoms with Gasteiger partial charge in [0.2, 0.25) is 11.8 Å². The van der Waals surface area contributed by atoms with Crippen LogP contribution in [0.5, 0.6) is 0 Å². The fourth-order valence-corrected chi connectivity index (χ4v) is 4.37. The number of esters is 1. The minimum atomic E-state index is -1.00. The normalized spacial score (nSPS) is 13.5. The molecule has 2 N–H and O–H groups in total. The second kappa shape index (κ2) is 17.6. The number of hydrogen-bond donors (Lipinski definition) is 2. The van der Waals surface area contributed by atoms with E-state index in [0.29, 0.717) is 24.9 Å². The van der Waals surface area contributed by atoms with Gasteiger partial charge < -0.3 is 25.0 Å². The van der Waals surface area contributed by atoms with Crippen molar-refractivity contribution in [2.45, 2.75) is 111 Å². The number of hydrogen-bond acceptors (Lipinski definition) is 6. The molecule has 0 aliphatic rings. The van der Waals surface area contributed by atoms with Gasteiger partial charge in [0, 0.05) is 6.54 Å². The van der Waals surface area contributed by atoms with Crippen LogP contribution in [0.25, 0.3) is 0 Å². The molecule has 9 heteroatoms. The van der Waals surface area contributed by atoms with E-state index in [2.05, 4.69) is 17.6 Å². The highest BCUT2D eigenvalue weighted by molar-refractivity contribution is 5.93. The van der Waals surface area contributed by atoms with E-state index in [1.165, 1.54) is 7.11 Å². The second-order valence-electron chi connectivity index (χ2n) is 11.4. The molecule has 3 atom stereocenters. The molecular formula is C31H51N3O6. The van der Waals surface area contributed by atoms with Crippen LogP contribution in [-0.2, 0) is 23.9 Å². The number of aryl methyl sites for hydroxylation is 1. The van der Waals surface area contributed by atoms with Gasteiger partial charge in [-0.1, -0.05) is 89.1 Å². The van der Waals surface area contributed by atoms with E-state index in [1.807, 2.05) is 39.0 Å². The molecule has 0 aliphatic carbocycles. The zero-order chi connectivity index (χ0) is 30.3. The van der Waals surface area contributed by atoms with Gasteiger partial charge in [0.05, 0.1) is 7.11 Å². The highest BCUT2D eigenvalue weighted by Gasteiger charge is 2.38. The fourth-order valence-electron chi connectivity index (χ4n) is 4.37. The Hall–Kier alpha value is -3.10. The number of carbonyl (C=O) groups excluding carboxylic acids is 4. The first-order valence-electron chi connectivity index (χ1n) is 14.6. The predicted molar refractivity (Wildman–Crippen MR) is 157 cm³/mol. The average Bonchev–Trinajstić information content (AvgIpc) is 2.89. The number of amides is 3. The number of unbranched alkanes of at least 4 members (excludes halogenated alkanes) is 5. The number of rotatable bonds is 16. The van der Waals surface area contributed by atoms with Gasteiger partial charge in [-0.05, 0) is 45.6 Å². The maximum atomic E-state index is 14.3. The number of nitrogens with one attached hydrogen (secondary N) is 2. The molecule has 0 aliphatic heterocycles. The van der Waals surface area contributed by atoms with Crippen LogP contribution in [-0.4, -0.2) is 60.6 Å². The van der Waals surface area contributed by atoms with Crippen LogP contribution in [0.3, 0.4) is 0 Å². The van der Waals surface area contributed by atoms with Gasteiger partial charge in [0.1, 0.15) is 24.2 Å². The summed E-state index contributed by atoms with van der Waals surface area (Å²) in [6.45, 7) is 13.2. The van der Waals surface area contributed by atoms with Crippen LogP contribution in [0.4, 0.5) is 4.79 Å². The van der Waals surface area contributed by atoms with E-state index in [-0.39, 0.29) is 18.4 Å². The Bertz CT molecular complexity index is 959. The van der Waals surface area contributed by atoms with Gasteiger partial charge >= 0.3 is 12.1 Å². The number of ether oxygens (including phenoxy) is 2. The lowest BCUT2D eigenvalue weighted by Gasteiger charge is -2.36. The molecule has 0 spiro atoms. The van der Waals surface area contributed by atoms with E-state index in [1.54, 1.807) is 31.7 Å². The molecule has 0 saturated carbocycles. The zero-order valence-electron chi connectivity index (χ0n) is 25.8. The Morgan fingerprint density at radius 2 is 1.65 bits per heavy atom. The highest BCUT2D eigenvalue weighted by atomic mass is 16.6. The minimum absolute atomic E-state index is 0.219. The fraction of sp³-hybridized carbons (Fsp3) is 0.677. The molecule has 3 amide bonds. The molecule has 1 aromatic carbocycles. The van der Waals surface area contributed by atoms with Crippen molar-refractivity contribution in [1.29, 1.82) is 0 Å². The summed E-state index contributed by atoms with van der Waals surface area (Å²) in [7, 11) is 1.25. The summed E-state index contributed by atoms with van der Waals surface area (Å²) in [5, 5.41) is 5.42. The van der Waals surface area contributed by atoms with Crippen molar-refractivity contribution in [1.82, 2.24) is 15.5 Å². The molecule has 0 saturated heterocycles. The van der Waals surface area contributed by atoms with E-state index in [9.17, 15) is 19.2 Å². The standard InChI is InChI=1S/C31H51N3O6/c1-9-11-12-13-14-15-19-34(29(37)26(23(4)10-2)33-30(38)40-31(5,6)7)27(24-18-16-17-22(3)20-24)28(36)32-21-25(35)39-8/h16-18,20,23,26-27H,9-15,19,21H2,1-8H3,(H,32,36)(H,33,38). The number of methoxy groups -OCH3 is 1. The molecule has 0 radical (unpaired) electrons. The van der Waals surface area contributed by atoms with Gasteiger partial charge in [-0.2, -0.15) is 0 Å². The molecule has 226 valence electrons. The quantitative estimate of drug-likeness (QED) is 0.205. The number of carbonyl (C=O) groups is 4. The third-order valence-corrected chi connectivity index (χ3v) is 6.74. The predicted octanol–water partition coefficient (Wildman–Crippen LogP) is 5.45. The Labute approximate surface area is 240 Å². The molecule has 1 aromatic rings. The lowest BCUT2D eigenvalue weighted by molar-refractivity contribution is -0.145. The van der Waals surface area contributed by atoms with Crippen LogP contribution in [0.15, 0.2) is 24.3 Å². The summed E-state index contributed by atoms with van der Waals surface area (Å²) in [6, 6.07) is 5.52. The average molecular weight is 562 g/mol. The summed E-state index contributed by atoms with van der Waals surface area (Å²) >= 11 is 0. The SMILES string of the molecule is CCCCCCCCN(C(=O)C(NC(=O)OC(C)(C)C)C(C)CC)C(C(=O)NCC(=O)OC)c1cccc(C)c1. The molecule has 0 aromatic heterocycles.